The van der Waals surface area contributed by atoms with Gasteiger partial charge in [0.15, 0.2) is 5.78 Å². The maximum atomic E-state index is 11.9. The fourth-order valence-electron chi connectivity index (χ4n) is 1.80. The first-order chi connectivity index (χ1) is 8.41. The highest BCUT2D eigenvalue weighted by Gasteiger charge is 2.22. The Morgan fingerprint density at radius 3 is 2.50 bits per heavy atom. The molecule has 0 bridgehead atoms. The van der Waals surface area contributed by atoms with Crippen LogP contribution < -0.4 is 0 Å². The van der Waals surface area contributed by atoms with Gasteiger partial charge in [-0.1, -0.05) is 0 Å². The zero-order chi connectivity index (χ0) is 13.4. The standard InChI is InChI=1S/C12H10O4S2/c1-5-4-17-12-9(5)6(2)10(18-12)7(13)3-8(14)11(15)16/h4H,3H2,1-2H3,(H,15,16). The molecule has 6 heteroatoms. The Balaban J connectivity index is 2.37. The summed E-state index contributed by atoms with van der Waals surface area (Å²) in [6.07, 6.45) is -0.566. The van der Waals surface area contributed by atoms with E-state index in [0.29, 0.717) is 4.88 Å². The Hall–Kier alpha value is -1.53. The molecule has 0 atom stereocenters. The second-order valence-electron chi connectivity index (χ2n) is 3.97. The zero-order valence-electron chi connectivity index (χ0n) is 9.77. The molecule has 2 aromatic rings. The molecule has 0 aliphatic rings. The van der Waals surface area contributed by atoms with Gasteiger partial charge in [0, 0.05) is 5.39 Å². The van der Waals surface area contributed by atoms with Gasteiger partial charge in [0.2, 0.25) is 5.78 Å². The number of rotatable bonds is 4. The molecule has 2 heterocycles. The molecule has 18 heavy (non-hydrogen) atoms. The lowest BCUT2D eigenvalue weighted by Crippen LogP contribution is -2.16. The van der Waals surface area contributed by atoms with Gasteiger partial charge in [0.25, 0.3) is 0 Å². The summed E-state index contributed by atoms with van der Waals surface area (Å²) in [5.74, 6) is -3.03. The summed E-state index contributed by atoms with van der Waals surface area (Å²) in [4.78, 5) is 33.9. The van der Waals surface area contributed by atoms with Gasteiger partial charge < -0.3 is 5.11 Å². The fourth-order valence-corrected chi connectivity index (χ4v) is 4.26. The van der Waals surface area contributed by atoms with E-state index in [1.165, 1.54) is 11.3 Å². The predicted molar refractivity (Wildman–Crippen MR) is 70.8 cm³/mol. The minimum atomic E-state index is -1.56. The molecule has 2 rings (SSSR count). The lowest BCUT2D eigenvalue weighted by Gasteiger charge is -1.97. The lowest BCUT2D eigenvalue weighted by atomic mass is 10.1. The molecule has 94 valence electrons. The number of hydrogen-bond acceptors (Lipinski definition) is 5. The quantitative estimate of drug-likeness (QED) is 0.532. The fraction of sp³-hybridized carbons (Fsp3) is 0.250. The Bertz CT molecular complexity index is 663. The van der Waals surface area contributed by atoms with Crippen molar-refractivity contribution in [3.8, 4) is 0 Å². The van der Waals surface area contributed by atoms with Crippen molar-refractivity contribution in [2.45, 2.75) is 20.3 Å². The van der Waals surface area contributed by atoms with Crippen LogP contribution in [0.3, 0.4) is 0 Å². The van der Waals surface area contributed by atoms with Crippen molar-refractivity contribution < 1.29 is 19.5 Å². The Morgan fingerprint density at radius 2 is 1.94 bits per heavy atom. The Morgan fingerprint density at radius 1 is 1.28 bits per heavy atom. The average molecular weight is 282 g/mol. The third-order valence-electron chi connectivity index (χ3n) is 2.66. The molecule has 0 fully saturated rings. The molecular weight excluding hydrogens is 272 g/mol. The predicted octanol–water partition coefficient (Wildman–Crippen LogP) is 2.81. The van der Waals surface area contributed by atoms with Crippen LogP contribution in [0.5, 0.6) is 0 Å². The van der Waals surface area contributed by atoms with Crippen LogP contribution in [-0.2, 0) is 9.59 Å². The third-order valence-corrected chi connectivity index (χ3v) is 5.22. The smallest absolute Gasteiger partial charge is 0.372 e. The SMILES string of the molecule is Cc1csc2sc(C(=O)CC(=O)C(=O)O)c(C)c12. The van der Waals surface area contributed by atoms with E-state index >= 15 is 0 Å². The van der Waals surface area contributed by atoms with Gasteiger partial charge in [-0.25, -0.2) is 4.79 Å². The Labute approximate surface area is 111 Å². The molecule has 0 saturated heterocycles. The van der Waals surface area contributed by atoms with Crippen molar-refractivity contribution in [2.75, 3.05) is 0 Å². The molecular formula is C12H10O4S2. The van der Waals surface area contributed by atoms with Crippen LogP contribution in [0.15, 0.2) is 5.38 Å². The van der Waals surface area contributed by atoms with Gasteiger partial charge in [0.1, 0.15) is 0 Å². The van der Waals surface area contributed by atoms with Gasteiger partial charge in [-0.15, -0.1) is 22.7 Å². The highest BCUT2D eigenvalue weighted by molar-refractivity contribution is 7.38. The Kier molecular flexibility index (Phi) is 3.32. The number of carboxylic acid groups (broad SMARTS) is 1. The number of thiophene rings is 2. The van der Waals surface area contributed by atoms with Gasteiger partial charge >= 0.3 is 5.97 Å². The van der Waals surface area contributed by atoms with Crippen LogP contribution in [0.1, 0.15) is 27.2 Å². The van der Waals surface area contributed by atoms with Crippen LogP contribution in [0, 0.1) is 13.8 Å². The van der Waals surface area contributed by atoms with Crippen LogP contribution in [-0.4, -0.2) is 22.6 Å². The van der Waals surface area contributed by atoms with Gasteiger partial charge in [-0.3, -0.25) is 9.59 Å². The highest BCUT2D eigenvalue weighted by Crippen LogP contribution is 2.37. The molecule has 1 N–H and O–H groups in total. The second-order valence-corrected chi connectivity index (χ2v) is 6.12. The van der Waals surface area contributed by atoms with E-state index < -0.39 is 24.0 Å². The molecule has 0 aliphatic heterocycles. The van der Waals surface area contributed by atoms with E-state index in [0.717, 1.165) is 20.5 Å². The van der Waals surface area contributed by atoms with Crippen LogP contribution in [0.4, 0.5) is 0 Å². The molecule has 0 unspecified atom stereocenters. The van der Waals surface area contributed by atoms with Crippen molar-refractivity contribution in [1.29, 1.82) is 0 Å². The normalized spacial score (nSPS) is 10.8. The molecule has 0 spiro atoms. The number of fused-ring (bicyclic) bond motifs is 1. The lowest BCUT2D eigenvalue weighted by molar-refractivity contribution is -0.148. The number of hydrogen-bond donors (Lipinski definition) is 1. The average Bonchev–Trinajstić information content (AvgIpc) is 2.81. The van der Waals surface area contributed by atoms with E-state index in [1.807, 2.05) is 19.2 Å². The zero-order valence-corrected chi connectivity index (χ0v) is 11.4. The molecule has 0 amide bonds. The van der Waals surface area contributed by atoms with Crippen molar-refractivity contribution in [1.82, 2.24) is 0 Å². The number of carbonyl (C=O) groups is 3. The van der Waals surface area contributed by atoms with Crippen LogP contribution in [0.2, 0.25) is 0 Å². The minimum absolute atomic E-state index is 0.410. The van der Waals surface area contributed by atoms with Crippen molar-refractivity contribution in [3.05, 3.63) is 21.4 Å². The summed E-state index contributed by atoms with van der Waals surface area (Å²) in [6.45, 7) is 3.80. The summed E-state index contributed by atoms with van der Waals surface area (Å²) in [5.41, 5.74) is 1.95. The van der Waals surface area contributed by atoms with Gasteiger partial charge in [-0.2, -0.15) is 0 Å². The number of carboxylic acids is 1. The van der Waals surface area contributed by atoms with Crippen molar-refractivity contribution in [2.24, 2.45) is 0 Å². The largest absolute Gasteiger partial charge is 0.475 e. The molecule has 0 radical (unpaired) electrons. The first-order valence-corrected chi connectivity index (χ1v) is 6.88. The molecule has 0 aliphatic carbocycles. The topological polar surface area (TPSA) is 71.4 Å². The second kappa shape index (κ2) is 4.62. The molecule has 4 nitrogen and oxygen atoms in total. The van der Waals surface area contributed by atoms with E-state index in [-0.39, 0.29) is 0 Å². The van der Waals surface area contributed by atoms with Crippen LogP contribution >= 0.6 is 22.7 Å². The van der Waals surface area contributed by atoms with Crippen LogP contribution in [0.25, 0.3) is 9.40 Å². The number of aliphatic carboxylic acids is 1. The highest BCUT2D eigenvalue weighted by atomic mass is 32.2. The molecule has 0 saturated carbocycles. The van der Waals surface area contributed by atoms with E-state index in [1.54, 1.807) is 11.3 Å². The summed E-state index contributed by atoms with van der Waals surface area (Å²) in [7, 11) is 0. The summed E-state index contributed by atoms with van der Waals surface area (Å²) < 4.78 is 1.04. The number of ketones is 2. The number of aryl methyl sites for hydroxylation is 2. The van der Waals surface area contributed by atoms with Gasteiger partial charge in [-0.05, 0) is 30.4 Å². The third kappa shape index (κ3) is 2.09. The maximum absolute atomic E-state index is 11.9. The molecule has 2 aromatic heterocycles. The first-order valence-electron chi connectivity index (χ1n) is 5.18. The first kappa shape index (κ1) is 12.9. The van der Waals surface area contributed by atoms with E-state index in [2.05, 4.69) is 0 Å². The maximum Gasteiger partial charge on any atom is 0.372 e. The van der Waals surface area contributed by atoms with Gasteiger partial charge in [0.05, 0.1) is 15.3 Å². The minimum Gasteiger partial charge on any atom is -0.475 e. The van der Waals surface area contributed by atoms with E-state index in [9.17, 15) is 14.4 Å². The summed E-state index contributed by atoms with van der Waals surface area (Å²) in [5, 5.41) is 11.6. The van der Waals surface area contributed by atoms with Crippen molar-refractivity contribution in [3.63, 3.8) is 0 Å². The molecule has 0 aromatic carbocycles. The van der Waals surface area contributed by atoms with E-state index in [4.69, 9.17) is 5.11 Å². The summed E-state index contributed by atoms with van der Waals surface area (Å²) >= 11 is 2.89. The summed E-state index contributed by atoms with van der Waals surface area (Å²) in [6, 6.07) is 0. The van der Waals surface area contributed by atoms with Crippen molar-refractivity contribution >= 4 is 49.6 Å². The number of Topliss-reactive ketones (excluding diaryl/α,β-unsaturated/α-hetero) is 2. The monoisotopic (exact) mass is 282 g/mol. The number of carbonyl (C=O) groups excluding carboxylic acids is 2.